The van der Waals surface area contributed by atoms with Gasteiger partial charge in [-0.1, -0.05) is 35.3 Å². The van der Waals surface area contributed by atoms with Crippen LogP contribution in [0, 0.1) is 0 Å². The molecule has 8 heteroatoms. The maximum Gasteiger partial charge on any atom is 0.409 e. The number of H-pyrrole nitrogens is 1. The highest BCUT2D eigenvalue weighted by atomic mass is 35.5. The predicted octanol–water partition coefficient (Wildman–Crippen LogP) is 5.77. The van der Waals surface area contributed by atoms with Gasteiger partial charge in [-0.25, -0.2) is 4.79 Å². The van der Waals surface area contributed by atoms with Crippen molar-refractivity contribution in [2.45, 2.75) is 62.5 Å². The highest BCUT2D eigenvalue weighted by Gasteiger charge is 2.38. The Balaban J connectivity index is 1.39. The summed E-state index contributed by atoms with van der Waals surface area (Å²) in [6, 6.07) is 8.04. The molecule has 1 amide bonds. The monoisotopic (exact) mass is 465 g/mol. The molecule has 2 aliphatic rings. The number of nitrogens with zero attached hydrogens (tertiary/aromatic N) is 2. The molecular weight excluding hydrogens is 437 g/mol. The van der Waals surface area contributed by atoms with Gasteiger partial charge in [-0.15, -0.1) is 0 Å². The average molecular weight is 466 g/mol. The molecule has 1 aliphatic heterocycles. The first-order valence-electron chi connectivity index (χ1n) is 11.0. The molecule has 1 saturated heterocycles. The third kappa shape index (κ3) is 5.18. The summed E-state index contributed by atoms with van der Waals surface area (Å²) in [7, 11) is 1.42. The number of nitrogens with one attached hydrogen (secondary N) is 1. The number of hydrogen-bond donors (Lipinski definition) is 1. The number of rotatable bonds is 5. The third-order valence-corrected chi connectivity index (χ3v) is 7.23. The van der Waals surface area contributed by atoms with Gasteiger partial charge >= 0.3 is 6.09 Å². The minimum absolute atomic E-state index is 0.0250. The zero-order chi connectivity index (χ0) is 21.8. The van der Waals surface area contributed by atoms with Crippen molar-refractivity contribution >= 4 is 29.3 Å². The van der Waals surface area contributed by atoms with Crippen LogP contribution in [0.4, 0.5) is 4.79 Å². The van der Waals surface area contributed by atoms with Crippen LogP contribution in [-0.4, -0.2) is 53.6 Å². The van der Waals surface area contributed by atoms with Crippen LogP contribution in [0.5, 0.6) is 0 Å². The van der Waals surface area contributed by atoms with Crippen LogP contribution in [-0.2, 0) is 9.47 Å². The lowest BCUT2D eigenvalue weighted by molar-refractivity contribution is -0.0242. The van der Waals surface area contributed by atoms with Crippen LogP contribution in [0.25, 0.3) is 0 Å². The molecule has 6 nitrogen and oxygen atoms in total. The number of aromatic nitrogens is 2. The summed E-state index contributed by atoms with van der Waals surface area (Å²) in [5, 5.41) is 8.57. The van der Waals surface area contributed by atoms with E-state index in [-0.39, 0.29) is 24.2 Å². The van der Waals surface area contributed by atoms with Gasteiger partial charge in [-0.05, 0) is 62.1 Å². The quantitative estimate of drug-likeness (QED) is 0.607. The van der Waals surface area contributed by atoms with Crippen molar-refractivity contribution < 1.29 is 14.3 Å². The first-order valence-corrected chi connectivity index (χ1v) is 11.7. The van der Waals surface area contributed by atoms with Crippen LogP contribution in [0.3, 0.4) is 0 Å². The summed E-state index contributed by atoms with van der Waals surface area (Å²) < 4.78 is 11.4. The molecule has 1 aliphatic carbocycles. The Labute approximate surface area is 193 Å². The fourth-order valence-corrected chi connectivity index (χ4v) is 5.36. The number of aromatic amines is 1. The fraction of sp³-hybridized carbons (Fsp3) is 0.565. The first kappa shape index (κ1) is 22.4. The van der Waals surface area contributed by atoms with Crippen LogP contribution < -0.4 is 0 Å². The highest BCUT2D eigenvalue weighted by Crippen LogP contribution is 2.38. The second-order valence-corrected chi connectivity index (χ2v) is 9.30. The van der Waals surface area contributed by atoms with E-state index in [0.29, 0.717) is 24.1 Å². The minimum Gasteiger partial charge on any atom is -0.453 e. The van der Waals surface area contributed by atoms with E-state index < -0.39 is 0 Å². The molecule has 2 fully saturated rings. The van der Waals surface area contributed by atoms with Crippen LogP contribution in [0.2, 0.25) is 10.0 Å². The molecule has 31 heavy (non-hydrogen) atoms. The smallest absolute Gasteiger partial charge is 0.409 e. The number of hydrogen-bond acceptors (Lipinski definition) is 4. The molecule has 0 radical (unpaired) electrons. The number of methoxy groups -OCH3 is 1. The molecule has 0 unspecified atom stereocenters. The summed E-state index contributed by atoms with van der Waals surface area (Å²) >= 11 is 12.4. The lowest BCUT2D eigenvalue weighted by atomic mass is 9.82. The maximum atomic E-state index is 12.4. The number of benzene rings is 1. The predicted molar refractivity (Wildman–Crippen MR) is 121 cm³/mol. The van der Waals surface area contributed by atoms with Crippen LogP contribution >= 0.6 is 23.2 Å². The van der Waals surface area contributed by atoms with Gasteiger partial charge in [0.25, 0.3) is 0 Å². The molecule has 4 rings (SSSR count). The molecule has 2 atom stereocenters. The van der Waals surface area contributed by atoms with Gasteiger partial charge in [-0.2, -0.15) is 5.10 Å². The number of piperidine rings is 1. The summed E-state index contributed by atoms with van der Waals surface area (Å²) in [6.45, 7) is 1.11. The summed E-state index contributed by atoms with van der Waals surface area (Å²) in [5.74, 6) is 0.575. The Hall–Kier alpha value is -1.76. The highest BCUT2D eigenvalue weighted by molar-refractivity contribution is 6.31. The van der Waals surface area contributed by atoms with Crippen molar-refractivity contribution in [1.29, 1.82) is 0 Å². The maximum absolute atomic E-state index is 12.4. The second kappa shape index (κ2) is 10.2. The number of carbonyl (C=O) groups excluding carboxylic acids is 1. The number of carbonyl (C=O) groups is 1. The van der Waals surface area contributed by atoms with Gasteiger partial charge in [0.05, 0.1) is 36.6 Å². The Morgan fingerprint density at radius 3 is 2.55 bits per heavy atom. The van der Waals surface area contributed by atoms with E-state index in [1.807, 2.05) is 12.1 Å². The van der Waals surface area contributed by atoms with E-state index in [0.717, 1.165) is 49.2 Å². The molecule has 2 heterocycles. The molecule has 1 aromatic heterocycles. The number of ether oxygens (including phenoxy) is 2. The Kier molecular flexibility index (Phi) is 7.41. The fourth-order valence-electron chi connectivity index (χ4n) is 5.00. The molecule has 2 aromatic rings. The summed E-state index contributed by atoms with van der Waals surface area (Å²) in [4.78, 5) is 14.2. The lowest BCUT2D eigenvalue weighted by Gasteiger charge is -2.40. The first-order chi connectivity index (χ1) is 15.1. The zero-order valence-corrected chi connectivity index (χ0v) is 19.2. The van der Waals surface area contributed by atoms with Gasteiger partial charge in [0, 0.05) is 23.7 Å². The molecule has 0 bridgehead atoms. The van der Waals surface area contributed by atoms with Gasteiger partial charge in [0.2, 0.25) is 0 Å². The van der Waals surface area contributed by atoms with E-state index in [1.165, 1.54) is 12.7 Å². The van der Waals surface area contributed by atoms with Gasteiger partial charge in [-0.3, -0.25) is 5.10 Å². The van der Waals surface area contributed by atoms with Crippen molar-refractivity contribution in [2.75, 3.05) is 20.3 Å². The SMILES string of the molecule is COC(=O)N1CCC[C@H](c2n[nH]cc2Cl)[C@@H]1CO[C@H]1CC[C@@H](c2ccc(Cl)cc2)CC1. The average Bonchev–Trinajstić information content (AvgIpc) is 3.23. The van der Waals surface area contributed by atoms with Crippen molar-refractivity contribution in [3.05, 3.63) is 51.8 Å². The Morgan fingerprint density at radius 2 is 1.90 bits per heavy atom. The zero-order valence-electron chi connectivity index (χ0n) is 17.7. The lowest BCUT2D eigenvalue weighted by Crippen LogP contribution is -2.50. The van der Waals surface area contributed by atoms with E-state index in [1.54, 1.807) is 11.1 Å². The normalized spacial score (nSPS) is 26.6. The van der Waals surface area contributed by atoms with Crippen molar-refractivity contribution in [3.8, 4) is 0 Å². The molecule has 168 valence electrons. The van der Waals surface area contributed by atoms with Crippen molar-refractivity contribution in [1.82, 2.24) is 15.1 Å². The molecular formula is C23H29Cl2N3O3. The van der Waals surface area contributed by atoms with E-state index in [4.69, 9.17) is 32.7 Å². The Morgan fingerprint density at radius 1 is 1.16 bits per heavy atom. The van der Waals surface area contributed by atoms with Gasteiger partial charge in [0.15, 0.2) is 0 Å². The largest absolute Gasteiger partial charge is 0.453 e. The van der Waals surface area contributed by atoms with Gasteiger partial charge in [0.1, 0.15) is 0 Å². The van der Waals surface area contributed by atoms with Gasteiger partial charge < -0.3 is 14.4 Å². The molecule has 0 spiro atoms. The minimum atomic E-state index is -0.323. The van der Waals surface area contributed by atoms with Crippen molar-refractivity contribution in [2.24, 2.45) is 0 Å². The molecule has 1 N–H and O–H groups in total. The topological polar surface area (TPSA) is 67.5 Å². The standard InChI is InChI=1S/C23H29Cl2N3O3/c1-30-23(29)28-12-2-3-19(22-20(25)13-26-27-22)21(28)14-31-18-10-6-16(7-11-18)15-4-8-17(24)9-5-15/h4-5,8-9,13,16,18-19,21H,2-3,6-7,10-12,14H2,1H3,(H,26,27)/t16-,18+,19-,21-/m0/s1. The van der Waals surface area contributed by atoms with Crippen molar-refractivity contribution in [3.63, 3.8) is 0 Å². The van der Waals surface area contributed by atoms with E-state index >= 15 is 0 Å². The number of likely N-dealkylation sites (tertiary alicyclic amines) is 1. The Bertz CT molecular complexity index is 865. The number of amides is 1. The summed E-state index contributed by atoms with van der Waals surface area (Å²) in [5.41, 5.74) is 2.15. The van der Waals surface area contributed by atoms with E-state index in [2.05, 4.69) is 22.3 Å². The second-order valence-electron chi connectivity index (χ2n) is 8.46. The third-order valence-electron chi connectivity index (χ3n) is 6.68. The van der Waals surface area contributed by atoms with Crippen LogP contribution in [0.1, 0.15) is 61.6 Å². The van der Waals surface area contributed by atoms with E-state index in [9.17, 15) is 4.79 Å². The summed E-state index contributed by atoms with van der Waals surface area (Å²) in [6.07, 6.45) is 7.54. The molecule has 1 aromatic carbocycles. The number of halogens is 2. The van der Waals surface area contributed by atoms with Crippen LogP contribution in [0.15, 0.2) is 30.5 Å². The molecule has 1 saturated carbocycles.